The number of aromatic nitrogens is 4. The quantitative estimate of drug-likeness (QED) is 0.504. The van der Waals surface area contributed by atoms with Crippen LogP contribution in [0.3, 0.4) is 0 Å². The summed E-state index contributed by atoms with van der Waals surface area (Å²) in [7, 11) is 1.58. The molecule has 1 amide bonds. The zero-order chi connectivity index (χ0) is 21.8. The van der Waals surface area contributed by atoms with Crippen LogP contribution in [-0.4, -0.2) is 33.0 Å². The summed E-state index contributed by atoms with van der Waals surface area (Å²) >= 11 is 0. The van der Waals surface area contributed by atoms with Crippen LogP contribution in [0.2, 0.25) is 0 Å². The van der Waals surface area contributed by atoms with Gasteiger partial charge in [0, 0.05) is 23.0 Å². The maximum absolute atomic E-state index is 12.4. The van der Waals surface area contributed by atoms with Gasteiger partial charge in [0.2, 0.25) is 5.88 Å². The molecule has 4 aromatic rings. The molecule has 8 heteroatoms. The monoisotopic (exact) mass is 415 g/mol. The Morgan fingerprint density at radius 1 is 0.903 bits per heavy atom. The third kappa shape index (κ3) is 4.69. The molecule has 156 valence electrons. The second-order valence-electron chi connectivity index (χ2n) is 6.88. The fourth-order valence-corrected chi connectivity index (χ4v) is 3.01. The largest absolute Gasteiger partial charge is 0.497 e. The van der Waals surface area contributed by atoms with Crippen molar-refractivity contribution in [1.82, 2.24) is 20.0 Å². The van der Waals surface area contributed by atoms with Crippen LogP contribution >= 0.6 is 0 Å². The standard InChI is InChI=1S/C23H21N5O3/c1-15-14-16(2)28(27-15)21-12-13-22(26-25-21)31-20-10-6-18(7-11-20)24-23(29)17-4-8-19(30-3)9-5-17/h4-14H,1-3H3,(H,24,29). The minimum absolute atomic E-state index is 0.207. The number of rotatable bonds is 6. The molecule has 0 fully saturated rings. The van der Waals surface area contributed by atoms with Crippen molar-refractivity contribution in [3.63, 3.8) is 0 Å². The van der Waals surface area contributed by atoms with Gasteiger partial charge in [-0.3, -0.25) is 4.79 Å². The maximum atomic E-state index is 12.4. The van der Waals surface area contributed by atoms with E-state index in [2.05, 4.69) is 20.6 Å². The third-order valence-electron chi connectivity index (χ3n) is 4.54. The van der Waals surface area contributed by atoms with E-state index in [0.29, 0.717) is 34.4 Å². The first-order chi connectivity index (χ1) is 15.0. The molecule has 2 aromatic carbocycles. The molecule has 31 heavy (non-hydrogen) atoms. The Morgan fingerprint density at radius 3 is 2.19 bits per heavy atom. The van der Waals surface area contributed by atoms with Crippen molar-refractivity contribution in [3.8, 4) is 23.2 Å². The Labute approximate surface area is 179 Å². The number of hydrogen-bond acceptors (Lipinski definition) is 6. The Bertz CT molecular complexity index is 1180. The number of anilines is 1. The molecule has 8 nitrogen and oxygen atoms in total. The fraction of sp³-hybridized carbons (Fsp3) is 0.130. The smallest absolute Gasteiger partial charge is 0.255 e. The topological polar surface area (TPSA) is 91.2 Å². The average Bonchev–Trinajstić information content (AvgIpc) is 3.13. The molecular formula is C23H21N5O3. The van der Waals surface area contributed by atoms with Crippen LogP contribution in [0.4, 0.5) is 5.69 Å². The number of hydrogen-bond donors (Lipinski definition) is 1. The first kappa shape index (κ1) is 20.1. The molecule has 1 N–H and O–H groups in total. The van der Waals surface area contributed by atoms with Gasteiger partial charge in [0.15, 0.2) is 5.82 Å². The SMILES string of the molecule is COc1ccc(C(=O)Nc2ccc(Oc3ccc(-n4nc(C)cc4C)nn3)cc2)cc1. The molecular weight excluding hydrogens is 394 g/mol. The minimum Gasteiger partial charge on any atom is -0.497 e. The van der Waals surface area contributed by atoms with E-state index in [0.717, 1.165) is 11.4 Å². The van der Waals surface area contributed by atoms with Crippen molar-refractivity contribution < 1.29 is 14.3 Å². The zero-order valence-corrected chi connectivity index (χ0v) is 17.4. The number of carbonyl (C=O) groups is 1. The molecule has 0 aliphatic carbocycles. The summed E-state index contributed by atoms with van der Waals surface area (Å²) in [4.78, 5) is 12.4. The van der Waals surface area contributed by atoms with E-state index < -0.39 is 0 Å². The number of amides is 1. The van der Waals surface area contributed by atoms with Crippen LogP contribution in [0.1, 0.15) is 21.7 Å². The van der Waals surface area contributed by atoms with E-state index in [1.54, 1.807) is 72.5 Å². The normalized spacial score (nSPS) is 10.5. The highest BCUT2D eigenvalue weighted by atomic mass is 16.5. The molecule has 4 rings (SSSR count). The van der Waals surface area contributed by atoms with Gasteiger partial charge < -0.3 is 14.8 Å². The zero-order valence-electron chi connectivity index (χ0n) is 17.4. The number of benzene rings is 2. The van der Waals surface area contributed by atoms with Gasteiger partial charge in [-0.15, -0.1) is 10.2 Å². The van der Waals surface area contributed by atoms with E-state index in [1.807, 2.05) is 19.9 Å². The van der Waals surface area contributed by atoms with Gasteiger partial charge in [0.25, 0.3) is 5.91 Å². The molecule has 2 aromatic heterocycles. The highest BCUT2D eigenvalue weighted by Crippen LogP contribution is 2.22. The van der Waals surface area contributed by atoms with Crippen molar-refractivity contribution in [2.24, 2.45) is 0 Å². The molecule has 0 radical (unpaired) electrons. The summed E-state index contributed by atoms with van der Waals surface area (Å²) in [6.45, 7) is 3.89. The van der Waals surface area contributed by atoms with Crippen LogP contribution in [0.25, 0.3) is 5.82 Å². The molecule has 0 unspecified atom stereocenters. The maximum Gasteiger partial charge on any atom is 0.255 e. The summed E-state index contributed by atoms with van der Waals surface area (Å²) < 4.78 is 12.6. The number of aryl methyl sites for hydroxylation is 2. The second kappa shape index (κ2) is 8.66. The van der Waals surface area contributed by atoms with E-state index >= 15 is 0 Å². The van der Waals surface area contributed by atoms with E-state index in [9.17, 15) is 4.79 Å². The van der Waals surface area contributed by atoms with Gasteiger partial charge in [0.1, 0.15) is 11.5 Å². The lowest BCUT2D eigenvalue weighted by Gasteiger charge is -2.08. The lowest BCUT2D eigenvalue weighted by molar-refractivity contribution is 0.102. The third-order valence-corrected chi connectivity index (χ3v) is 4.54. The van der Waals surface area contributed by atoms with E-state index in [4.69, 9.17) is 9.47 Å². The Hall–Kier alpha value is -4.20. The highest BCUT2D eigenvalue weighted by Gasteiger charge is 2.08. The van der Waals surface area contributed by atoms with Gasteiger partial charge in [-0.05, 0) is 74.5 Å². The first-order valence-corrected chi connectivity index (χ1v) is 9.62. The first-order valence-electron chi connectivity index (χ1n) is 9.62. The van der Waals surface area contributed by atoms with E-state index in [1.165, 1.54) is 0 Å². The van der Waals surface area contributed by atoms with Crippen LogP contribution in [0.15, 0.2) is 66.7 Å². The van der Waals surface area contributed by atoms with Crippen molar-refractivity contribution in [3.05, 3.63) is 83.7 Å². The molecule has 0 aliphatic heterocycles. The number of ether oxygens (including phenoxy) is 2. The summed E-state index contributed by atoms with van der Waals surface area (Å²) in [5.74, 6) is 2.05. The molecule has 0 spiro atoms. The van der Waals surface area contributed by atoms with Gasteiger partial charge in [0.05, 0.1) is 12.8 Å². The van der Waals surface area contributed by atoms with Crippen LogP contribution in [0.5, 0.6) is 17.4 Å². The molecule has 0 atom stereocenters. The second-order valence-corrected chi connectivity index (χ2v) is 6.88. The summed E-state index contributed by atoms with van der Waals surface area (Å²) in [6, 6.07) is 19.4. The Balaban J connectivity index is 1.39. The number of methoxy groups -OCH3 is 1. The summed E-state index contributed by atoms with van der Waals surface area (Å²) in [6.07, 6.45) is 0. The minimum atomic E-state index is -0.207. The van der Waals surface area contributed by atoms with Gasteiger partial charge in [-0.25, -0.2) is 4.68 Å². The number of nitrogens with zero attached hydrogens (tertiary/aromatic N) is 4. The Kier molecular flexibility index (Phi) is 5.61. The predicted molar refractivity (Wildman–Crippen MR) is 116 cm³/mol. The van der Waals surface area contributed by atoms with Crippen LogP contribution < -0.4 is 14.8 Å². The van der Waals surface area contributed by atoms with Gasteiger partial charge in [-0.1, -0.05) is 0 Å². The van der Waals surface area contributed by atoms with Crippen LogP contribution in [-0.2, 0) is 0 Å². The molecule has 0 saturated heterocycles. The average molecular weight is 415 g/mol. The summed E-state index contributed by atoms with van der Waals surface area (Å²) in [5.41, 5.74) is 3.09. The highest BCUT2D eigenvalue weighted by molar-refractivity contribution is 6.04. The predicted octanol–water partition coefficient (Wildman–Crippen LogP) is 4.33. The van der Waals surface area contributed by atoms with Gasteiger partial charge in [-0.2, -0.15) is 5.10 Å². The van der Waals surface area contributed by atoms with Crippen molar-refractivity contribution in [2.75, 3.05) is 12.4 Å². The van der Waals surface area contributed by atoms with Gasteiger partial charge >= 0.3 is 0 Å². The fourth-order valence-electron chi connectivity index (χ4n) is 3.01. The van der Waals surface area contributed by atoms with Crippen molar-refractivity contribution in [1.29, 1.82) is 0 Å². The van der Waals surface area contributed by atoms with Crippen molar-refractivity contribution in [2.45, 2.75) is 13.8 Å². The van der Waals surface area contributed by atoms with E-state index in [-0.39, 0.29) is 5.91 Å². The number of nitrogens with one attached hydrogen (secondary N) is 1. The lowest BCUT2D eigenvalue weighted by Crippen LogP contribution is -2.11. The van der Waals surface area contributed by atoms with Crippen molar-refractivity contribution >= 4 is 11.6 Å². The lowest BCUT2D eigenvalue weighted by atomic mass is 10.2. The Morgan fingerprint density at radius 2 is 1.61 bits per heavy atom. The molecule has 0 aliphatic rings. The number of carbonyl (C=O) groups excluding carboxylic acids is 1. The van der Waals surface area contributed by atoms with Crippen LogP contribution in [0, 0.1) is 13.8 Å². The molecule has 2 heterocycles. The molecule has 0 saturated carbocycles. The molecule has 0 bridgehead atoms. The summed E-state index contributed by atoms with van der Waals surface area (Å²) in [5, 5.41) is 15.5.